The third-order valence-electron chi connectivity index (χ3n) is 2.41. The van der Waals surface area contributed by atoms with Crippen molar-refractivity contribution in [3.63, 3.8) is 0 Å². The van der Waals surface area contributed by atoms with Gasteiger partial charge in [0.25, 0.3) is 0 Å². The van der Waals surface area contributed by atoms with E-state index in [1.54, 1.807) is 6.92 Å². The summed E-state index contributed by atoms with van der Waals surface area (Å²) in [6.45, 7) is 3.43. The molecule has 0 N–H and O–H groups in total. The molecule has 0 aliphatic heterocycles. The van der Waals surface area contributed by atoms with Crippen molar-refractivity contribution >= 4 is 17.2 Å². The summed E-state index contributed by atoms with van der Waals surface area (Å²) in [6.07, 6.45) is 0.300. The molecule has 0 bridgehead atoms. The van der Waals surface area contributed by atoms with Crippen molar-refractivity contribution < 1.29 is 17.6 Å². The Morgan fingerprint density at radius 2 is 1.71 bits per heavy atom. The molecule has 0 amide bonds. The highest BCUT2D eigenvalue weighted by Crippen LogP contribution is 2.34. The third-order valence-corrected chi connectivity index (χ3v) is 2.91. The monoisotopic (exact) mass is 272 g/mol. The molecule has 1 radical (unpaired) electrons. The van der Waals surface area contributed by atoms with Gasteiger partial charge in [0.2, 0.25) is 0 Å². The Labute approximate surface area is 105 Å². The number of hydrogen-bond donors (Lipinski definition) is 0. The van der Waals surface area contributed by atoms with Crippen molar-refractivity contribution in [1.29, 1.82) is 0 Å². The summed E-state index contributed by atoms with van der Waals surface area (Å²) < 4.78 is 50.8. The minimum Gasteiger partial charge on any atom is -0.302 e. The van der Waals surface area contributed by atoms with Crippen LogP contribution in [0.15, 0.2) is 0 Å². The lowest BCUT2D eigenvalue weighted by Crippen LogP contribution is -2.47. The van der Waals surface area contributed by atoms with E-state index in [2.05, 4.69) is 0 Å². The quantitative estimate of drug-likeness (QED) is 0.274. The van der Waals surface area contributed by atoms with Gasteiger partial charge in [0, 0.05) is 6.54 Å². The molecular formula is C11H18F4NS. The van der Waals surface area contributed by atoms with Gasteiger partial charge in [0.05, 0.1) is 4.99 Å². The summed E-state index contributed by atoms with van der Waals surface area (Å²) in [7, 11) is 0. The summed E-state index contributed by atoms with van der Waals surface area (Å²) in [4.78, 5) is 0.215. The highest BCUT2D eigenvalue weighted by Gasteiger charge is 2.49. The summed E-state index contributed by atoms with van der Waals surface area (Å²) in [5.41, 5.74) is 0. The van der Waals surface area contributed by atoms with Crippen molar-refractivity contribution in [1.82, 2.24) is 4.90 Å². The van der Waals surface area contributed by atoms with E-state index in [0.717, 1.165) is 19.3 Å². The van der Waals surface area contributed by atoms with Crippen molar-refractivity contribution in [2.75, 3.05) is 6.54 Å². The summed E-state index contributed by atoms with van der Waals surface area (Å²) in [6, 6.07) is -4.24. The second-order valence-electron chi connectivity index (χ2n) is 3.76. The lowest BCUT2D eigenvalue weighted by atomic mass is 10.2. The first-order valence-electron chi connectivity index (χ1n) is 5.74. The van der Waals surface area contributed by atoms with Crippen molar-refractivity contribution in [2.45, 2.75) is 52.0 Å². The van der Waals surface area contributed by atoms with Gasteiger partial charge in [0.15, 0.2) is 0 Å². The molecule has 0 aliphatic carbocycles. The van der Waals surface area contributed by atoms with Crippen LogP contribution in [0.5, 0.6) is 0 Å². The number of nitrogens with zero attached hydrogens (tertiary/aromatic N) is 1. The molecule has 0 atom stereocenters. The van der Waals surface area contributed by atoms with Gasteiger partial charge in [0.1, 0.15) is 0 Å². The standard InChI is InChI=1S/C11H18F4NS/c1-3-5-6-7-8-16(9(17)4-2)11(14,15)10(12)13/h3-8H2,1-2H3. The van der Waals surface area contributed by atoms with E-state index in [1.807, 2.05) is 6.92 Å². The molecule has 0 saturated heterocycles. The van der Waals surface area contributed by atoms with Crippen molar-refractivity contribution in [3.8, 4) is 0 Å². The maximum absolute atomic E-state index is 13.2. The van der Waals surface area contributed by atoms with Gasteiger partial charge in [-0.3, -0.25) is 0 Å². The Bertz CT molecular complexity index is 234. The summed E-state index contributed by atoms with van der Waals surface area (Å²) in [5.74, 6) is 0. The van der Waals surface area contributed by atoms with E-state index >= 15 is 0 Å². The van der Waals surface area contributed by atoms with Gasteiger partial charge in [-0.1, -0.05) is 45.3 Å². The number of thiocarbonyl (C=S) groups is 1. The first-order chi connectivity index (χ1) is 7.87. The van der Waals surface area contributed by atoms with Gasteiger partial charge in [-0.15, -0.1) is 0 Å². The second kappa shape index (κ2) is 7.84. The highest BCUT2D eigenvalue weighted by atomic mass is 32.1. The highest BCUT2D eigenvalue weighted by molar-refractivity contribution is 7.80. The molecule has 101 valence electrons. The maximum Gasteiger partial charge on any atom is 0.400 e. The molecule has 0 aromatic rings. The molecule has 0 aliphatic rings. The fourth-order valence-electron chi connectivity index (χ4n) is 1.41. The Kier molecular flexibility index (Phi) is 7.66. The van der Waals surface area contributed by atoms with Gasteiger partial charge in [-0.2, -0.15) is 17.6 Å². The average Bonchev–Trinajstić information content (AvgIpc) is 2.27. The molecule has 0 unspecified atom stereocenters. The maximum atomic E-state index is 13.2. The normalized spacial score (nSPS) is 11.9. The van der Waals surface area contributed by atoms with Crippen LogP contribution in [0.4, 0.5) is 17.6 Å². The molecule has 0 heterocycles. The van der Waals surface area contributed by atoms with Crippen LogP contribution in [0, 0.1) is 6.43 Å². The molecular weight excluding hydrogens is 254 g/mol. The van der Waals surface area contributed by atoms with E-state index in [1.165, 1.54) is 0 Å². The lowest BCUT2D eigenvalue weighted by Gasteiger charge is -2.31. The molecule has 0 saturated carbocycles. The van der Waals surface area contributed by atoms with Crippen molar-refractivity contribution in [2.24, 2.45) is 0 Å². The fourth-order valence-corrected chi connectivity index (χ4v) is 1.62. The van der Waals surface area contributed by atoms with Gasteiger partial charge >= 0.3 is 12.5 Å². The molecule has 1 nitrogen and oxygen atoms in total. The minimum absolute atomic E-state index is 0.126. The first kappa shape index (κ1) is 16.6. The number of rotatable bonds is 8. The molecule has 17 heavy (non-hydrogen) atoms. The van der Waals surface area contributed by atoms with E-state index in [0.29, 0.717) is 11.3 Å². The van der Waals surface area contributed by atoms with Crippen LogP contribution in [-0.4, -0.2) is 22.5 Å². The first-order valence-corrected chi connectivity index (χ1v) is 6.15. The number of halogens is 4. The Balaban J connectivity index is 4.49. The smallest absolute Gasteiger partial charge is 0.302 e. The molecule has 0 spiro atoms. The van der Waals surface area contributed by atoms with Crippen LogP contribution in [-0.2, 0) is 0 Å². The number of alkyl halides is 2. The molecule has 0 aromatic heterocycles. The predicted octanol–water partition coefficient (Wildman–Crippen LogP) is 4.63. The lowest BCUT2D eigenvalue weighted by molar-refractivity contribution is -0.148. The number of unbranched alkanes of at least 4 members (excludes halogenated alkanes) is 3. The average molecular weight is 272 g/mol. The third kappa shape index (κ3) is 5.19. The van der Waals surface area contributed by atoms with Crippen LogP contribution < -0.4 is 0 Å². The predicted molar refractivity (Wildman–Crippen MR) is 64.1 cm³/mol. The van der Waals surface area contributed by atoms with Crippen LogP contribution in [0.3, 0.4) is 0 Å². The van der Waals surface area contributed by atoms with Crippen LogP contribution in [0.2, 0.25) is 0 Å². The van der Waals surface area contributed by atoms with E-state index in [9.17, 15) is 17.6 Å². The largest absolute Gasteiger partial charge is 0.400 e. The zero-order valence-electron chi connectivity index (χ0n) is 10.1. The van der Waals surface area contributed by atoms with Crippen LogP contribution in [0.1, 0.15) is 46.0 Å². The van der Waals surface area contributed by atoms with Crippen molar-refractivity contribution in [3.05, 3.63) is 6.43 Å². The Morgan fingerprint density at radius 1 is 1.12 bits per heavy atom. The van der Waals surface area contributed by atoms with E-state index < -0.39 is 12.5 Å². The molecule has 6 heteroatoms. The molecule has 0 aromatic carbocycles. The van der Waals surface area contributed by atoms with E-state index in [-0.39, 0.29) is 18.0 Å². The zero-order chi connectivity index (χ0) is 13.5. The van der Waals surface area contributed by atoms with Crippen LogP contribution >= 0.6 is 12.2 Å². The van der Waals surface area contributed by atoms with Gasteiger partial charge in [-0.05, 0) is 12.8 Å². The van der Waals surface area contributed by atoms with Gasteiger partial charge in [-0.25, -0.2) is 0 Å². The molecule has 0 rings (SSSR count). The minimum atomic E-state index is -4.24. The second-order valence-corrected chi connectivity index (χ2v) is 4.23. The Morgan fingerprint density at radius 3 is 2.12 bits per heavy atom. The summed E-state index contributed by atoms with van der Waals surface area (Å²) in [5, 5.41) is 0. The fraction of sp³-hybridized carbons (Fsp3) is 0.818. The Hall–Kier alpha value is -0.390. The summed E-state index contributed by atoms with van der Waals surface area (Å²) >= 11 is 4.72. The van der Waals surface area contributed by atoms with Crippen LogP contribution in [0.25, 0.3) is 0 Å². The topological polar surface area (TPSA) is 3.24 Å². The SMILES string of the molecule is CCCCCCN(C(=S)CC)C(F)(F)[C](F)F. The zero-order valence-corrected chi connectivity index (χ0v) is 10.9. The number of hydrogen-bond acceptors (Lipinski definition) is 1. The van der Waals surface area contributed by atoms with E-state index in [4.69, 9.17) is 12.2 Å². The van der Waals surface area contributed by atoms with Gasteiger partial charge < -0.3 is 4.90 Å². The molecule has 0 fully saturated rings.